The molecule has 2 aromatic rings. The number of aliphatic imine (C=N–C) groups is 1. The summed E-state index contributed by atoms with van der Waals surface area (Å²) in [6.07, 6.45) is 0. The van der Waals surface area contributed by atoms with Crippen molar-refractivity contribution >= 4 is 41.3 Å². The van der Waals surface area contributed by atoms with Crippen LogP contribution in [0.15, 0.2) is 39.7 Å². The zero-order chi connectivity index (χ0) is 21.4. The molecule has 4 N–H and O–H groups in total. The van der Waals surface area contributed by atoms with Gasteiger partial charge in [0.2, 0.25) is 0 Å². The summed E-state index contributed by atoms with van der Waals surface area (Å²) in [4.78, 5) is 14.7. The average Bonchev–Trinajstić information content (AvgIpc) is 3.02. The molecule has 0 spiro atoms. The van der Waals surface area contributed by atoms with E-state index in [1.165, 1.54) is 12.1 Å². The van der Waals surface area contributed by atoms with Crippen molar-refractivity contribution in [3.63, 3.8) is 0 Å². The van der Waals surface area contributed by atoms with E-state index in [1.807, 2.05) is 26.8 Å². The van der Waals surface area contributed by atoms with Crippen molar-refractivity contribution in [2.24, 2.45) is 4.99 Å². The van der Waals surface area contributed by atoms with E-state index in [0.717, 1.165) is 17.0 Å². The lowest BCUT2D eigenvalue weighted by molar-refractivity contribution is -0.384. The van der Waals surface area contributed by atoms with Crippen molar-refractivity contribution in [1.29, 1.82) is 0 Å². The Morgan fingerprint density at radius 2 is 1.90 bits per heavy atom. The zero-order valence-corrected chi connectivity index (χ0v) is 20.0. The van der Waals surface area contributed by atoms with Crippen molar-refractivity contribution in [2.75, 3.05) is 31.5 Å². The summed E-state index contributed by atoms with van der Waals surface area (Å²) in [5.41, 5.74) is 0.453. The van der Waals surface area contributed by atoms with Crippen LogP contribution in [0.25, 0.3) is 0 Å². The minimum absolute atomic E-state index is 0. The molecule has 1 aromatic carbocycles. The van der Waals surface area contributed by atoms with Crippen LogP contribution in [0.1, 0.15) is 30.9 Å². The third-order valence-electron chi connectivity index (χ3n) is 4.34. The normalized spacial score (nSPS) is 13.2. The summed E-state index contributed by atoms with van der Waals surface area (Å²) < 4.78 is 5.51. The first-order valence-corrected chi connectivity index (χ1v) is 9.53. The molecule has 2 rings (SSSR count). The Kier molecular flexibility index (Phi) is 10.1. The highest BCUT2D eigenvalue weighted by Crippen LogP contribution is 2.27. The van der Waals surface area contributed by atoms with E-state index in [-0.39, 0.29) is 36.2 Å². The van der Waals surface area contributed by atoms with Gasteiger partial charge in [-0.2, -0.15) is 0 Å². The summed E-state index contributed by atoms with van der Waals surface area (Å²) in [5.74, 6) is 2.04. The quantitative estimate of drug-likeness (QED) is 0.0978. The smallest absolute Gasteiger partial charge is 0.269 e. The minimum Gasteiger partial charge on any atom is -0.466 e. The molecule has 0 aliphatic carbocycles. The van der Waals surface area contributed by atoms with Crippen LogP contribution in [0.4, 0.5) is 11.4 Å². The second kappa shape index (κ2) is 11.7. The van der Waals surface area contributed by atoms with Gasteiger partial charge in [0, 0.05) is 43.0 Å². The number of hydrogen-bond acceptors (Lipinski definition) is 6. The molecule has 0 saturated heterocycles. The molecular weight excluding hydrogens is 501 g/mol. The molecule has 1 heterocycles. The van der Waals surface area contributed by atoms with Crippen LogP contribution in [0.3, 0.4) is 0 Å². The number of nitro benzene ring substituents is 1. The summed E-state index contributed by atoms with van der Waals surface area (Å²) >= 11 is 0. The SMILES string of the molecule is CCNC(=NCC(C)(O)c1cc(C)oc1C)NCCNc1ccc([N+](=O)[O-])cc1.I. The Balaban J connectivity index is 0.00000450. The van der Waals surface area contributed by atoms with E-state index >= 15 is 0 Å². The molecule has 1 unspecified atom stereocenters. The first kappa shape index (κ1) is 25.7. The predicted molar refractivity (Wildman–Crippen MR) is 129 cm³/mol. The Bertz CT molecular complexity index is 849. The van der Waals surface area contributed by atoms with Crippen LogP contribution in [-0.2, 0) is 5.60 Å². The van der Waals surface area contributed by atoms with Gasteiger partial charge in [-0.25, -0.2) is 4.99 Å². The maximum atomic E-state index is 10.8. The van der Waals surface area contributed by atoms with E-state index in [1.54, 1.807) is 19.1 Å². The highest BCUT2D eigenvalue weighted by atomic mass is 127. The maximum absolute atomic E-state index is 10.8. The third kappa shape index (κ3) is 7.48. The molecule has 0 aliphatic heterocycles. The van der Waals surface area contributed by atoms with Gasteiger partial charge >= 0.3 is 0 Å². The van der Waals surface area contributed by atoms with Crippen LogP contribution in [0, 0.1) is 24.0 Å². The molecule has 0 radical (unpaired) electrons. The lowest BCUT2D eigenvalue weighted by atomic mass is 9.96. The number of furan rings is 1. The monoisotopic (exact) mass is 531 g/mol. The average molecular weight is 531 g/mol. The van der Waals surface area contributed by atoms with Crippen LogP contribution < -0.4 is 16.0 Å². The summed E-state index contributed by atoms with van der Waals surface area (Å²) in [6, 6.07) is 8.10. The van der Waals surface area contributed by atoms with Crippen molar-refractivity contribution in [2.45, 2.75) is 33.3 Å². The third-order valence-corrected chi connectivity index (χ3v) is 4.34. The Labute approximate surface area is 193 Å². The number of aryl methyl sites for hydroxylation is 2. The molecule has 10 heteroatoms. The van der Waals surface area contributed by atoms with Gasteiger partial charge in [0.1, 0.15) is 17.1 Å². The van der Waals surface area contributed by atoms with E-state index in [9.17, 15) is 15.2 Å². The van der Waals surface area contributed by atoms with Crippen molar-refractivity contribution in [3.8, 4) is 0 Å². The summed E-state index contributed by atoms with van der Waals surface area (Å²) in [6.45, 7) is 9.40. The fourth-order valence-electron chi connectivity index (χ4n) is 2.91. The highest BCUT2D eigenvalue weighted by Gasteiger charge is 2.27. The fraction of sp³-hybridized carbons (Fsp3) is 0.450. The number of nitro groups is 1. The topological polar surface area (TPSA) is 125 Å². The van der Waals surface area contributed by atoms with Crippen LogP contribution in [0.2, 0.25) is 0 Å². The van der Waals surface area contributed by atoms with Gasteiger partial charge < -0.3 is 25.5 Å². The van der Waals surface area contributed by atoms with Crippen molar-refractivity contribution < 1.29 is 14.4 Å². The van der Waals surface area contributed by atoms with Gasteiger partial charge in [-0.05, 0) is 45.9 Å². The molecule has 0 bridgehead atoms. The van der Waals surface area contributed by atoms with Gasteiger partial charge in [-0.15, -0.1) is 24.0 Å². The number of benzene rings is 1. The molecule has 166 valence electrons. The maximum Gasteiger partial charge on any atom is 0.269 e. The predicted octanol–water partition coefficient (Wildman–Crippen LogP) is 3.30. The molecule has 1 aromatic heterocycles. The largest absolute Gasteiger partial charge is 0.466 e. The standard InChI is InChI=1S/C20H29N5O4.HI/c1-5-21-19(24-13-20(4,26)18-12-14(2)29-15(18)3)23-11-10-22-16-6-8-17(9-7-16)25(27)28;/h6-9,12,22,26H,5,10-11,13H2,1-4H3,(H2,21,23,24);1H. The van der Waals surface area contributed by atoms with Gasteiger partial charge in [0.15, 0.2) is 5.96 Å². The molecule has 30 heavy (non-hydrogen) atoms. The minimum atomic E-state index is -1.14. The zero-order valence-electron chi connectivity index (χ0n) is 17.7. The second-order valence-electron chi connectivity index (χ2n) is 6.95. The number of nitrogens with zero attached hydrogens (tertiary/aromatic N) is 2. The summed E-state index contributed by atoms with van der Waals surface area (Å²) in [7, 11) is 0. The van der Waals surface area contributed by atoms with Crippen LogP contribution >= 0.6 is 24.0 Å². The molecule has 0 fully saturated rings. The van der Waals surface area contributed by atoms with E-state index in [4.69, 9.17) is 4.42 Å². The van der Waals surface area contributed by atoms with E-state index in [0.29, 0.717) is 31.4 Å². The van der Waals surface area contributed by atoms with Gasteiger partial charge in [-0.1, -0.05) is 0 Å². The number of nitrogens with one attached hydrogen (secondary N) is 3. The molecule has 1 atom stereocenters. The summed E-state index contributed by atoms with van der Waals surface area (Å²) in [5, 5.41) is 31.0. The highest BCUT2D eigenvalue weighted by molar-refractivity contribution is 14.0. The lowest BCUT2D eigenvalue weighted by Gasteiger charge is -2.21. The number of non-ortho nitro benzene ring substituents is 1. The number of halogens is 1. The van der Waals surface area contributed by atoms with Gasteiger partial charge in [-0.3, -0.25) is 10.1 Å². The van der Waals surface area contributed by atoms with Gasteiger partial charge in [0.25, 0.3) is 5.69 Å². The number of rotatable bonds is 9. The van der Waals surface area contributed by atoms with Gasteiger partial charge in [0.05, 0.1) is 11.5 Å². The fourth-order valence-corrected chi connectivity index (χ4v) is 2.91. The number of guanidine groups is 1. The van der Waals surface area contributed by atoms with E-state index in [2.05, 4.69) is 20.9 Å². The first-order valence-electron chi connectivity index (χ1n) is 9.53. The van der Waals surface area contributed by atoms with E-state index < -0.39 is 10.5 Å². The molecular formula is C20H30IN5O4. The van der Waals surface area contributed by atoms with Crippen molar-refractivity contribution in [1.82, 2.24) is 10.6 Å². The Morgan fingerprint density at radius 3 is 2.43 bits per heavy atom. The second-order valence-corrected chi connectivity index (χ2v) is 6.95. The van der Waals surface area contributed by atoms with Crippen molar-refractivity contribution in [3.05, 3.63) is 57.5 Å². The Hall–Kier alpha value is -2.34. The van der Waals surface area contributed by atoms with Crippen LogP contribution in [-0.4, -0.2) is 42.2 Å². The molecule has 0 aliphatic rings. The number of hydrogen-bond donors (Lipinski definition) is 4. The number of anilines is 1. The molecule has 0 saturated carbocycles. The molecule has 0 amide bonds. The first-order chi connectivity index (χ1) is 13.7. The Morgan fingerprint density at radius 1 is 1.23 bits per heavy atom. The van der Waals surface area contributed by atoms with Crippen LogP contribution in [0.5, 0.6) is 0 Å². The number of aliphatic hydroxyl groups is 1. The molecule has 9 nitrogen and oxygen atoms in total. The lowest BCUT2D eigenvalue weighted by Crippen LogP contribution is -2.40.